The first kappa shape index (κ1) is 20.6. The molecule has 164 valence electrons. The van der Waals surface area contributed by atoms with Crippen LogP contribution in [0.4, 0.5) is 29.3 Å². The van der Waals surface area contributed by atoms with Gasteiger partial charge in [0, 0.05) is 19.2 Å². The monoisotopic (exact) mass is 431 g/mol. The predicted octanol–water partition coefficient (Wildman–Crippen LogP) is 2.25. The minimum Gasteiger partial charge on any atom is -0.377 e. The number of fused-ring (bicyclic) bond motifs is 1. The van der Waals surface area contributed by atoms with Gasteiger partial charge in [-0.15, -0.1) is 0 Å². The summed E-state index contributed by atoms with van der Waals surface area (Å²) in [5.74, 6) is -1.38. The number of rotatable bonds is 3. The molecule has 0 N–H and O–H groups in total. The highest BCUT2D eigenvalue weighted by molar-refractivity contribution is 5.49. The van der Waals surface area contributed by atoms with E-state index < -0.39 is 30.0 Å². The first-order valence-electron chi connectivity index (χ1n) is 9.57. The molecule has 2 aliphatic rings. The first-order chi connectivity index (χ1) is 14.2. The Morgan fingerprint density at radius 3 is 2.70 bits per heavy atom. The molecule has 0 aromatic carbocycles. The van der Waals surface area contributed by atoms with Crippen molar-refractivity contribution in [2.24, 2.45) is 0 Å². The fraction of sp³-hybridized carbons (Fsp3) is 0.611. The Labute approximate surface area is 169 Å². The van der Waals surface area contributed by atoms with Gasteiger partial charge in [0.1, 0.15) is 6.04 Å². The third-order valence-electron chi connectivity index (χ3n) is 5.36. The second kappa shape index (κ2) is 7.56. The molecule has 30 heavy (non-hydrogen) atoms. The number of morpholine rings is 1. The van der Waals surface area contributed by atoms with Crippen molar-refractivity contribution in [2.45, 2.75) is 51.6 Å². The van der Waals surface area contributed by atoms with Crippen LogP contribution in [-0.2, 0) is 17.8 Å². The lowest BCUT2D eigenvalue weighted by Gasteiger charge is -2.40. The van der Waals surface area contributed by atoms with Gasteiger partial charge in [0.15, 0.2) is 11.6 Å². The van der Waals surface area contributed by atoms with Crippen LogP contribution < -0.4 is 15.4 Å². The maximum absolute atomic E-state index is 14.9. The highest BCUT2D eigenvalue weighted by Crippen LogP contribution is 2.36. The predicted molar refractivity (Wildman–Crippen MR) is 98.0 cm³/mol. The fourth-order valence-electron chi connectivity index (χ4n) is 3.89. The average Bonchev–Trinajstić information content (AvgIpc) is 3.09. The van der Waals surface area contributed by atoms with Gasteiger partial charge in [0.25, 0.3) is 5.56 Å². The Bertz CT molecular complexity index is 989. The largest absolute Gasteiger partial charge is 0.408 e. The summed E-state index contributed by atoms with van der Waals surface area (Å²) >= 11 is 0. The van der Waals surface area contributed by atoms with E-state index >= 15 is 0 Å². The van der Waals surface area contributed by atoms with E-state index in [0.29, 0.717) is 18.9 Å². The molecule has 0 bridgehead atoms. The van der Waals surface area contributed by atoms with Crippen LogP contribution in [0.25, 0.3) is 0 Å². The minimum atomic E-state index is -4.57. The molecule has 0 unspecified atom stereocenters. The average molecular weight is 431 g/mol. The molecule has 12 heteroatoms. The number of aromatic nitrogens is 3. The van der Waals surface area contributed by atoms with Gasteiger partial charge in [-0.05, 0) is 20.3 Å². The smallest absolute Gasteiger partial charge is 0.377 e. The maximum atomic E-state index is 14.9. The fourth-order valence-corrected chi connectivity index (χ4v) is 3.89. The molecule has 0 radical (unpaired) electrons. The van der Waals surface area contributed by atoms with Gasteiger partial charge in [0.2, 0.25) is 11.8 Å². The molecule has 2 atom stereocenters. The van der Waals surface area contributed by atoms with Gasteiger partial charge in [-0.1, -0.05) is 5.16 Å². The van der Waals surface area contributed by atoms with Crippen molar-refractivity contribution in [3.8, 4) is 0 Å². The highest BCUT2D eigenvalue weighted by Gasteiger charge is 2.47. The summed E-state index contributed by atoms with van der Waals surface area (Å²) in [5, 5.41) is 3.70. The summed E-state index contributed by atoms with van der Waals surface area (Å²) in [4.78, 5) is 19.4. The van der Waals surface area contributed by atoms with E-state index in [1.807, 2.05) is 0 Å². The van der Waals surface area contributed by atoms with Crippen molar-refractivity contribution >= 4 is 11.8 Å². The van der Waals surface area contributed by atoms with Crippen LogP contribution in [0.3, 0.4) is 0 Å². The Kier molecular flexibility index (Phi) is 5.20. The van der Waals surface area contributed by atoms with E-state index in [4.69, 9.17) is 9.26 Å². The van der Waals surface area contributed by atoms with Gasteiger partial charge in [-0.2, -0.15) is 22.5 Å². The Morgan fingerprint density at radius 2 is 2.07 bits per heavy atom. The number of hydrogen-bond acceptors (Lipinski definition) is 7. The lowest BCUT2D eigenvalue weighted by atomic mass is 10.1. The second-order valence-corrected chi connectivity index (χ2v) is 7.53. The van der Waals surface area contributed by atoms with Crippen molar-refractivity contribution < 1.29 is 26.8 Å². The molecule has 2 aromatic rings. The molecule has 0 amide bonds. The van der Waals surface area contributed by atoms with Gasteiger partial charge in [0.05, 0.1) is 31.5 Å². The SMILES string of the molecule is Cc1cc(CN2c3nc(N4CCOC[C@H]4C)c(F)c(=O)n3CC[C@H]2C(F)(F)F)on1. The van der Waals surface area contributed by atoms with Crippen LogP contribution in [0.15, 0.2) is 15.4 Å². The van der Waals surface area contributed by atoms with Crippen LogP contribution in [0.5, 0.6) is 0 Å². The van der Waals surface area contributed by atoms with E-state index in [2.05, 4.69) is 10.1 Å². The molecule has 2 aromatic heterocycles. The topological polar surface area (TPSA) is 76.6 Å². The Balaban J connectivity index is 1.83. The molecule has 4 heterocycles. The zero-order valence-electron chi connectivity index (χ0n) is 16.4. The summed E-state index contributed by atoms with van der Waals surface area (Å²) in [6.07, 6.45) is -4.98. The summed E-state index contributed by atoms with van der Waals surface area (Å²) in [6.45, 7) is 3.70. The number of aryl methyl sites for hydroxylation is 1. The third-order valence-corrected chi connectivity index (χ3v) is 5.36. The van der Waals surface area contributed by atoms with Gasteiger partial charge in [-0.25, -0.2) is 0 Å². The van der Waals surface area contributed by atoms with Crippen molar-refractivity contribution in [1.82, 2.24) is 14.7 Å². The lowest BCUT2D eigenvalue weighted by Crippen LogP contribution is -2.53. The van der Waals surface area contributed by atoms with Gasteiger partial charge >= 0.3 is 6.18 Å². The zero-order chi connectivity index (χ0) is 21.6. The van der Waals surface area contributed by atoms with E-state index in [0.717, 1.165) is 9.47 Å². The summed E-state index contributed by atoms with van der Waals surface area (Å²) in [7, 11) is 0. The zero-order valence-corrected chi connectivity index (χ0v) is 16.4. The van der Waals surface area contributed by atoms with Crippen molar-refractivity contribution in [1.29, 1.82) is 0 Å². The summed E-state index contributed by atoms with van der Waals surface area (Å²) < 4.78 is 67.6. The third kappa shape index (κ3) is 3.64. The number of halogens is 4. The Hall–Kier alpha value is -2.63. The summed E-state index contributed by atoms with van der Waals surface area (Å²) in [5.41, 5.74) is -0.481. The van der Waals surface area contributed by atoms with Crippen LogP contribution >= 0.6 is 0 Å². The number of anilines is 2. The van der Waals surface area contributed by atoms with Gasteiger partial charge < -0.3 is 19.1 Å². The molecule has 8 nitrogen and oxygen atoms in total. The van der Waals surface area contributed by atoms with E-state index in [1.54, 1.807) is 18.7 Å². The van der Waals surface area contributed by atoms with Crippen molar-refractivity contribution in [3.05, 3.63) is 33.7 Å². The van der Waals surface area contributed by atoms with E-state index in [1.165, 1.54) is 6.07 Å². The molecule has 0 spiro atoms. The molecule has 1 fully saturated rings. The number of hydrogen-bond donors (Lipinski definition) is 0. The molecule has 2 aliphatic heterocycles. The second-order valence-electron chi connectivity index (χ2n) is 7.53. The first-order valence-corrected chi connectivity index (χ1v) is 9.57. The molecule has 1 saturated heterocycles. The van der Waals surface area contributed by atoms with Crippen LogP contribution in [-0.4, -0.2) is 52.7 Å². The number of alkyl halides is 3. The molecular weight excluding hydrogens is 410 g/mol. The van der Waals surface area contributed by atoms with Crippen molar-refractivity contribution in [2.75, 3.05) is 29.6 Å². The van der Waals surface area contributed by atoms with E-state index in [9.17, 15) is 22.4 Å². The standard InChI is InChI=1S/C18H21F4N5O3/c1-10-7-12(30-24-10)8-27-13(18(20,21)22)3-4-26-16(28)14(19)15(23-17(26)27)25-5-6-29-9-11(25)2/h7,11,13H,3-6,8-9H2,1-2H3/t11-,13+/m1/s1. The Morgan fingerprint density at radius 1 is 1.30 bits per heavy atom. The molecule has 0 saturated carbocycles. The summed E-state index contributed by atoms with van der Waals surface area (Å²) in [6, 6.07) is -0.662. The van der Waals surface area contributed by atoms with Crippen LogP contribution in [0.2, 0.25) is 0 Å². The minimum absolute atomic E-state index is 0.190. The normalized spacial score (nSPS) is 22.3. The quantitative estimate of drug-likeness (QED) is 0.690. The number of nitrogens with zero attached hydrogens (tertiary/aromatic N) is 5. The van der Waals surface area contributed by atoms with E-state index in [-0.39, 0.29) is 43.2 Å². The molecule has 0 aliphatic carbocycles. The maximum Gasteiger partial charge on any atom is 0.408 e. The molecular formula is C18H21F4N5O3. The van der Waals surface area contributed by atoms with Gasteiger partial charge in [-0.3, -0.25) is 9.36 Å². The van der Waals surface area contributed by atoms with Crippen LogP contribution in [0, 0.1) is 12.7 Å². The lowest BCUT2D eigenvalue weighted by molar-refractivity contribution is -0.153. The van der Waals surface area contributed by atoms with Crippen molar-refractivity contribution in [3.63, 3.8) is 0 Å². The number of ether oxygens (including phenoxy) is 1. The molecule has 4 rings (SSSR count). The highest BCUT2D eigenvalue weighted by atomic mass is 19.4. The van der Waals surface area contributed by atoms with Crippen LogP contribution in [0.1, 0.15) is 24.8 Å².